The highest BCUT2D eigenvalue weighted by Gasteiger charge is 2.36. The van der Waals surface area contributed by atoms with Gasteiger partial charge in [-0.15, -0.1) is 0 Å². The summed E-state index contributed by atoms with van der Waals surface area (Å²) in [7, 11) is 0. The van der Waals surface area contributed by atoms with Crippen molar-refractivity contribution in [1.29, 1.82) is 0 Å². The number of nitrogens with zero attached hydrogens (tertiary/aromatic N) is 1. The Balaban J connectivity index is 1.19. The van der Waals surface area contributed by atoms with Crippen molar-refractivity contribution in [2.45, 2.75) is 45.6 Å². The van der Waals surface area contributed by atoms with E-state index in [2.05, 4.69) is 22.5 Å². The van der Waals surface area contributed by atoms with Gasteiger partial charge in [-0.3, -0.25) is 14.6 Å². The summed E-state index contributed by atoms with van der Waals surface area (Å²) in [5.74, 6) is -0.133. The molecule has 0 aliphatic heterocycles. The predicted molar refractivity (Wildman–Crippen MR) is 150 cm³/mol. The predicted octanol–water partition coefficient (Wildman–Crippen LogP) is 6.24. The van der Waals surface area contributed by atoms with Gasteiger partial charge in [0.15, 0.2) is 0 Å². The van der Waals surface area contributed by atoms with Crippen LogP contribution in [0.2, 0.25) is 0 Å². The molecule has 0 bridgehead atoms. The van der Waals surface area contributed by atoms with Crippen LogP contribution in [0.4, 0.5) is 0 Å². The normalized spacial score (nSPS) is 14.0. The third-order valence-electron chi connectivity index (χ3n) is 7.63. The second-order valence-electron chi connectivity index (χ2n) is 10.3. The Bertz CT molecular complexity index is 1460. The van der Waals surface area contributed by atoms with Gasteiger partial charge in [-0.05, 0) is 83.8 Å². The molecule has 3 N–H and O–H groups in total. The fourth-order valence-electron chi connectivity index (χ4n) is 5.33. The number of aromatic hydroxyl groups is 1. The maximum absolute atomic E-state index is 12.9. The SMILES string of the molecule is CCCC1(CNC(=O)c2ccc(CNC(=O)c3cccc(-c4cc(O)c5ncccc5c4)c3)cc2)CCC1. The quantitative estimate of drug-likeness (QED) is 0.250. The van der Waals surface area contributed by atoms with Crippen molar-refractivity contribution >= 4 is 22.7 Å². The lowest BCUT2D eigenvalue weighted by atomic mass is 9.66. The number of hydrogen-bond donors (Lipinski definition) is 3. The van der Waals surface area contributed by atoms with Crippen LogP contribution in [-0.4, -0.2) is 28.4 Å². The fourth-order valence-corrected chi connectivity index (χ4v) is 5.33. The number of carbonyl (C=O) groups is 2. The van der Waals surface area contributed by atoms with E-state index in [1.165, 1.54) is 19.3 Å². The average Bonchev–Trinajstić information content (AvgIpc) is 2.93. The summed E-state index contributed by atoms with van der Waals surface area (Å²) in [5, 5.41) is 17.3. The van der Waals surface area contributed by atoms with E-state index in [1.54, 1.807) is 18.3 Å². The zero-order valence-corrected chi connectivity index (χ0v) is 21.7. The molecule has 0 spiro atoms. The first-order valence-electron chi connectivity index (χ1n) is 13.3. The van der Waals surface area contributed by atoms with Gasteiger partial charge in [-0.2, -0.15) is 0 Å². The molecule has 0 atom stereocenters. The van der Waals surface area contributed by atoms with Crippen molar-refractivity contribution in [1.82, 2.24) is 15.6 Å². The van der Waals surface area contributed by atoms with Crippen LogP contribution >= 0.6 is 0 Å². The first-order chi connectivity index (χ1) is 18.5. The zero-order valence-electron chi connectivity index (χ0n) is 21.7. The Morgan fingerprint density at radius 2 is 1.68 bits per heavy atom. The summed E-state index contributed by atoms with van der Waals surface area (Å²) in [6.07, 6.45) is 7.61. The maximum Gasteiger partial charge on any atom is 0.251 e. The summed E-state index contributed by atoms with van der Waals surface area (Å²) in [6, 6.07) is 22.0. The molecule has 5 rings (SSSR count). The number of carbonyl (C=O) groups excluding carboxylic acids is 2. The monoisotopic (exact) mass is 507 g/mol. The number of phenols is 1. The molecule has 0 saturated heterocycles. The van der Waals surface area contributed by atoms with Crippen molar-refractivity contribution in [2.75, 3.05) is 6.54 Å². The number of hydrogen-bond acceptors (Lipinski definition) is 4. The van der Waals surface area contributed by atoms with E-state index in [0.717, 1.165) is 41.5 Å². The molecule has 1 aliphatic carbocycles. The van der Waals surface area contributed by atoms with Gasteiger partial charge in [0.2, 0.25) is 0 Å². The molecule has 38 heavy (non-hydrogen) atoms. The molecular formula is C32H33N3O3. The van der Waals surface area contributed by atoms with Crippen molar-refractivity contribution in [3.05, 3.63) is 95.7 Å². The molecule has 3 aromatic carbocycles. The lowest BCUT2D eigenvalue weighted by Gasteiger charge is -2.42. The van der Waals surface area contributed by atoms with Crippen LogP contribution in [0.15, 0.2) is 79.0 Å². The van der Waals surface area contributed by atoms with Crippen LogP contribution in [0.1, 0.15) is 65.3 Å². The van der Waals surface area contributed by atoms with Crippen LogP contribution in [-0.2, 0) is 6.54 Å². The summed E-state index contributed by atoms with van der Waals surface area (Å²) in [6.45, 7) is 3.30. The summed E-state index contributed by atoms with van der Waals surface area (Å²) < 4.78 is 0. The second-order valence-corrected chi connectivity index (χ2v) is 10.3. The highest BCUT2D eigenvalue weighted by atomic mass is 16.3. The van der Waals surface area contributed by atoms with Crippen molar-refractivity contribution in [3.63, 3.8) is 0 Å². The number of benzene rings is 3. The third-order valence-corrected chi connectivity index (χ3v) is 7.63. The van der Waals surface area contributed by atoms with E-state index >= 15 is 0 Å². The van der Waals surface area contributed by atoms with Gasteiger partial charge in [0.25, 0.3) is 11.8 Å². The van der Waals surface area contributed by atoms with Crippen LogP contribution in [0.5, 0.6) is 5.75 Å². The van der Waals surface area contributed by atoms with Gasteiger partial charge < -0.3 is 15.7 Å². The smallest absolute Gasteiger partial charge is 0.251 e. The van der Waals surface area contributed by atoms with E-state index in [4.69, 9.17) is 0 Å². The Morgan fingerprint density at radius 1 is 0.895 bits per heavy atom. The van der Waals surface area contributed by atoms with Crippen LogP contribution in [0.25, 0.3) is 22.0 Å². The van der Waals surface area contributed by atoms with Gasteiger partial charge in [0.1, 0.15) is 11.3 Å². The molecule has 1 saturated carbocycles. The fraction of sp³-hybridized carbons (Fsp3) is 0.281. The van der Waals surface area contributed by atoms with E-state index in [-0.39, 0.29) is 23.0 Å². The number of fused-ring (bicyclic) bond motifs is 1. The lowest BCUT2D eigenvalue weighted by Crippen LogP contribution is -2.42. The second kappa shape index (κ2) is 11.1. The molecule has 6 nitrogen and oxygen atoms in total. The highest BCUT2D eigenvalue weighted by molar-refractivity contribution is 5.96. The Hall–Kier alpha value is -4.19. The number of pyridine rings is 1. The number of phenolic OH excluding ortho intramolecular Hbond substituents is 1. The highest BCUT2D eigenvalue weighted by Crippen LogP contribution is 2.44. The molecule has 2 amide bonds. The molecule has 194 valence electrons. The molecule has 6 heteroatoms. The number of nitrogens with one attached hydrogen (secondary N) is 2. The summed E-state index contributed by atoms with van der Waals surface area (Å²) >= 11 is 0. The number of aromatic nitrogens is 1. The van der Waals surface area contributed by atoms with Crippen LogP contribution < -0.4 is 10.6 Å². The topological polar surface area (TPSA) is 91.3 Å². The molecule has 1 aromatic heterocycles. The molecule has 0 radical (unpaired) electrons. The van der Waals surface area contributed by atoms with Crippen molar-refractivity contribution < 1.29 is 14.7 Å². The van der Waals surface area contributed by atoms with E-state index < -0.39 is 0 Å². The molecule has 4 aromatic rings. The van der Waals surface area contributed by atoms with E-state index in [0.29, 0.717) is 23.2 Å². The Morgan fingerprint density at radius 3 is 2.42 bits per heavy atom. The van der Waals surface area contributed by atoms with Crippen LogP contribution in [0.3, 0.4) is 0 Å². The van der Waals surface area contributed by atoms with E-state index in [1.807, 2.05) is 60.7 Å². The van der Waals surface area contributed by atoms with Crippen LogP contribution in [0, 0.1) is 5.41 Å². The first-order valence-corrected chi connectivity index (χ1v) is 13.3. The average molecular weight is 508 g/mol. The molecule has 1 fully saturated rings. The van der Waals surface area contributed by atoms with Gasteiger partial charge >= 0.3 is 0 Å². The van der Waals surface area contributed by atoms with Gasteiger partial charge in [0, 0.05) is 35.8 Å². The molecule has 0 unspecified atom stereocenters. The van der Waals surface area contributed by atoms with Gasteiger partial charge in [-0.1, -0.05) is 50.1 Å². The Labute approximate surface area is 223 Å². The number of amides is 2. The largest absolute Gasteiger partial charge is 0.506 e. The summed E-state index contributed by atoms with van der Waals surface area (Å²) in [4.78, 5) is 29.8. The van der Waals surface area contributed by atoms with Crippen molar-refractivity contribution in [2.24, 2.45) is 5.41 Å². The minimum Gasteiger partial charge on any atom is -0.506 e. The minimum absolute atomic E-state index is 0.0460. The molecule has 1 aliphatic rings. The number of rotatable bonds is 9. The lowest BCUT2D eigenvalue weighted by molar-refractivity contribution is 0.0832. The Kier molecular flexibility index (Phi) is 7.40. The standard InChI is InChI=1S/C32H33N3O3/c1-2-13-32(14-5-15-32)21-35-30(37)23-11-9-22(10-12-23)20-34-31(38)26-7-3-6-24(17-26)27-18-25-8-4-16-33-29(25)28(36)19-27/h3-4,6-12,16-19,36H,2,5,13-15,20-21H2,1H3,(H,34,38)(H,35,37). The zero-order chi connectivity index (χ0) is 26.5. The minimum atomic E-state index is -0.193. The third kappa shape index (κ3) is 5.54. The molecular weight excluding hydrogens is 474 g/mol. The van der Waals surface area contributed by atoms with Gasteiger partial charge in [0.05, 0.1) is 0 Å². The van der Waals surface area contributed by atoms with Crippen molar-refractivity contribution in [3.8, 4) is 16.9 Å². The molecule has 1 heterocycles. The van der Waals surface area contributed by atoms with E-state index in [9.17, 15) is 14.7 Å². The summed E-state index contributed by atoms with van der Waals surface area (Å²) in [5.41, 5.74) is 4.56. The maximum atomic E-state index is 12.9. The first kappa shape index (κ1) is 25.5. The van der Waals surface area contributed by atoms with Gasteiger partial charge in [-0.25, -0.2) is 0 Å².